The molecule has 1 heterocycles. The van der Waals surface area contributed by atoms with Crippen LogP contribution in [0.2, 0.25) is 5.15 Å². The summed E-state index contributed by atoms with van der Waals surface area (Å²) in [6, 6.07) is 18.8. The molecule has 4 rings (SSSR count). The molecule has 3 aromatic carbocycles. The summed E-state index contributed by atoms with van der Waals surface area (Å²) in [5.74, 6) is 1.49. The third kappa shape index (κ3) is 5.46. The van der Waals surface area contributed by atoms with E-state index in [0.29, 0.717) is 51.5 Å². The third-order valence-corrected chi connectivity index (χ3v) is 6.40. The van der Waals surface area contributed by atoms with Gasteiger partial charge in [-0.2, -0.15) is 0 Å². The van der Waals surface area contributed by atoms with Crippen molar-refractivity contribution in [2.45, 2.75) is 6.61 Å². The number of nitrogens with zero attached hydrogens (tertiary/aromatic N) is 2. The van der Waals surface area contributed by atoms with Gasteiger partial charge in [0.1, 0.15) is 23.2 Å². The van der Waals surface area contributed by atoms with Gasteiger partial charge in [0.15, 0.2) is 11.5 Å². The average Bonchev–Trinajstić information content (AvgIpc) is 2.95. The molecule has 0 aliphatic heterocycles. The number of aliphatic hydroxyl groups is 1. The van der Waals surface area contributed by atoms with Gasteiger partial charge >= 0.3 is 0 Å². The number of halogens is 1. The van der Waals surface area contributed by atoms with E-state index in [4.69, 9.17) is 30.5 Å². The van der Waals surface area contributed by atoms with Gasteiger partial charge in [-0.25, -0.2) is 4.98 Å². The van der Waals surface area contributed by atoms with Crippen molar-refractivity contribution >= 4 is 28.3 Å². The Labute approximate surface area is 226 Å². The van der Waals surface area contributed by atoms with Crippen LogP contribution in [-0.2, 0) is 6.61 Å². The number of benzene rings is 3. The molecule has 0 bridgehead atoms. The molecule has 1 aromatic heterocycles. The fraction of sp³-hybridized carbons (Fsp3) is 0.241. The molecular weight excluding hydrogens is 508 g/mol. The van der Waals surface area contributed by atoms with Crippen LogP contribution in [-0.4, -0.2) is 62.4 Å². The highest BCUT2D eigenvalue weighted by Crippen LogP contribution is 2.44. The van der Waals surface area contributed by atoms with E-state index < -0.39 is 5.91 Å². The number of methoxy groups -OCH3 is 3. The lowest BCUT2D eigenvalue weighted by Gasteiger charge is -2.21. The zero-order valence-corrected chi connectivity index (χ0v) is 22.4. The van der Waals surface area contributed by atoms with E-state index in [1.54, 1.807) is 25.2 Å². The van der Waals surface area contributed by atoms with Crippen LogP contribution in [0.3, 0.4) is 0 Å². The first-order valence-electron chi connectivity index (χ1n) is 11.9. The van der Waals surface area contributed by atoms with Crippen LogP contribution < -0.4 is 18.9 Å². The second-order valence-electron chi connectivity index (χ2n) is 8.47. The lowest BCUT2D eigenvalue weighted by Crippen LogP contribution is -2.30. The van der Waals surface area contributed by atoms with Gasteiger partial charge in [0.05, 0.1) is 27.9 Å². The fourth-order valence-corrected chi connectivity index (χ4v) is 4.43. The van der Waals surface area contributed by atoms with Crippen molar-refractivity contribution in [3.8, 4) is 34.1 Å². The zero-order chi connectivity index (χ0) is 27.2. The maximum atomic E-state index is 13.5. The smallest absolute Gasteiger partial charge is 0.273 e. The molecule has 0 aliphatic carbocycles. The number of rotatable bonds is 10. The Morgan fingerprint density at radius 2 is 1.63 bits per heavy atom. The number of ether oxygens (including phenoxy) is 4. The Morgan fingerprint density at radius 1 is 0.947 bits per heavy atom. The van der Waals surface area contributed by atoms with Crippen molar-refractivity contribution in [1.29, 1.82) is 0 Å². The summed E-state index contributed by atoms with van der Waals surface area (Å²) >= 11 is 6.65. The highest BCUT2D eigenvalue weighted by Gasteiger charge is 2.25. The Kier molecular flexibility index (Phi) is 8.55. The lowest BCUT2D eigenvalue weighted by atomic mass is 9.95. The summed E-state index contributed by atoms with van der Waals surface area (Å²) in [7, 11) is 6.17. The minimum Gasteiger partial charge on any atom is -0.493 e. The van der Waals surface area contributed by atoms with E-state index >= 15 is 0 Å². The predicted molar refractivity (Wildman–Crippen MR) is 147 cm³/mol. The molecule has 0 radical (unpaired) electrons. The van der Waals surface area contributed by atoms with Crippen LogP contribution in [0.4, 0.5) is 0 Å². The first kappa shape index (κ1) is 27.0. The Balaban J connectivity index is 1.91. The van der Waals surface area contributed by atoms with Gasteiger partial charge in [0.2, 0.25) is 5.75 Å². The Hall–Kier alpha value is -4.01. The minimum absolute atomic E-state index is 0.130. The van der Waals surface area contributed by atoms with Crippen molar-refractivity contribution in [2.24, 2.45) is 0 Å². The maximum absolute atomic E-state index is 13.5. The first-order chi connectivity index (χ1) is 18.4. The van der Waals surface area contributed by atoms with E-state index in [0.717, 1.165) is 5.56 Å². The van der Waals surface area contributed by atoms with Crippen LogP contribution in [0.1, 0.15) is 16.1 Å². The number of hydrogen-bond donors (Lipinski definition) is 1. The van der Waals surface area contributed by atoms with E-state index in [2.05, 4.69) is 4.98 Å². The summed E-state index contributed by atoms with van der Waals surface area (Å²) in [5.41, 5.74) is 2.31. The second kappa shape index (κ2) is 12.0. The molecule has 1 N–H and O–H groups in total. The normalized spacial score (nSPS) is 10.8. The number of fused-ring (bicyclic) bond motifs is 1. The van der Waals surface area contributed by atoms with E-state index in [-0.39, 0.29) is 24.0 Å². The summed E-state index contributed by atoms with van der Waals surface area (Å²) in [5, 5.41) is 10.9. The molecule has 0 saturated carbocycles. The van der Waals surface area contributed by atoms with Gasteiger partial charge in [-0.1, -0.05) is 41.9 Å². The molecule has 198 valence electrons. The van der Waals surface area contributed by atoms with Crippen LogP contribution in [0.15, 0.2) is 60.7 Å². The third-order valence-electron chi connectivity index (χ3n) is 6.12. The zero-order valence-electron chi connectivity index (χ0n) is 21.7. The highest BCUT2D eigenvalue weighted by atomic mass is 35.5. The number of carbonyl (C=O) groups excluding carboxylic acids is 1. The van der Waals surface area contributed by atoms with E-state index in [1.807, 2.05) is 42.5 Å². The van der Waals surface area contributed by atoms with Crippen molar-refractivity contribution in [2.75, 3.05) is 41.5 Å². The summed E-state index contributed by atoms with van der Waals surface area (Å²) in [6.07, 6.45) is 0. The molecule has 0 aliphatic rings. The molecule has 0 atom stereocenters. The Bertz CT molecular complexity index is 1420. The summed E-state index contributed by atoms with van der Waals surface area (Å²) in [4.78, 5) is 19.4. The molecule has 0 saturated heterocycles. The second-order valence-corrected chi connectivity index (χ2v) is 8.83. The molecule has 4 aromatic rings. The standard InChI is InChI=1S/C29H29ClN2O6/c1-32(12-13-33)29(34)26-25(19-14-23(35-2)27(37-4)24(15-19)36-3)21-11-10-20(16-22(21)28(30)31-26)38-17-18-8-6-5-7-9-18/h5-11,14-16,33H,12-13,17H2,1-4H3. The SMILES string of the molecule is COc1cc(-c2c(C(=O)N(C)CCO)nc(Cl)c3cc(OCc4ccccc4)ccc23)cc(OC)c1OC. The predicted octanol–water partition coefficient (Wildman–Crippen LogP) is 5.22. The number of aliphatic hydroxyl groups excluding tert-OH is 1. The van der Waals surface area contributed by atoms with Gasteiger partial charge in [0.25, 0.3) is 5.91 Å². The monoisotopic (exact) mass is 536 g/mol. The lowest BCUT2D eigenvalue weighted by molar-refractivity contribution is 0.0762. The van der Waals surface area contributed by atoms with Crippen LogP contribution >= 0.6 is 11.6 Å². The average molecular weight is 537 g/mol. The van der Waals surface area contributed by atoms with Gasteiger partial charge in [0, 0.05) is 24.5 Å². The quantitative estimate of drug-likeness (QED) is 0.278. The van der Waals surface area contributed by atoms with Gasteiger partial charge < -0.3 is 29.0 Å². The summed E-state index contributed by atoms with van der Waals surface area (Å²) < 4.78 is 22.6. The fourth-order valence-electron chi connectivity index (χ4n) is 4.19. The first-order valence-corrected chi connectivity index (χ1v) is 12.3. The van der Waals surface area contributed by atoms with Crippen LogP contribution in [0, 0.1) is 0 Å². The number of likely N-dealkylation sites (N-methyl/N-ethyl adjacent to an activating group) is 1. The van der Waals surface area contributed by atoms with Crippen molar-refractivity contribution in [3.63, 3.8) is 0 Å². The van der Waals surface area contributed by atoms with Crippen molar-refractivity contribution in [3.05, 3.63) is 77.1 Å². The van der Waals surface area contributed by atoms with Gasteiger partial charge in [-0.15, -0.1) is 0 Å². The maximum Gasteiger partial charge on any atom is 0.273 e. The molecule has 0 fully saturated rings. The minimum atomic E-state index is -0.393. The number of carbonyl (C=O) groups is 1. The molecule has 9 heteroatoms. The van der Waals surface area contributed by atoms with Crippen LogP contribution in [0.25, 0.3) is 21.9 Å². The number of hydrogen-bond acceptors (Lipinski definition) is 7. The molecule has 0 spiro atoms. The summed E-state index contributed by atoms with van der Waals surface area (Å²) in [6.45, 7) is 0.335. The Morgan fingerprint density at radius 3 is 2.24 bits per heavy atom. The number of aromatic nitrogens is 1. The molecule has 0 unspecified atom stereocenters. The van der Waals surface area contributed by atoms with Gasteiger partial charge in [-0.05, 0) is 46.8 Å². The number of pyridine rings is 1. The van der Waals surface area contributed by atoms with E-state index in [1.165, 1.54) is 26.2 Å². The molecule has 38 heavy (non-hydrogen) atoms. The molecular formula is C29H29ClN2O6. The topological polar surface area (TPSA) is 90.4 Å². The van der Waals surface area contributed by atoms with Crippen LogP contribution in [0.5, 0.6) is 23.0 Å². The number of amides is 1. The van der Waals surface area contributed by atoms with Crippen molar-refractivity contribution in [1.82, 2.24) is 9.88 Å². The van der Waals surface area contributed by atoms with Gasteiger partial charge in [-0.3, -0.25) is 4.79 Å². The molecule has 8 nitrogen and oxygen atoms in total. The largest absolute Gasteiger partial charge is 0.493 e. The highest BCUT2D eigenvalue weighted by molar-refractivity contribution is 6.35. The van der Waals surface area contributed by atoms with Crippen molar-refractivity contribution < 1.29 is 28.8 Å². The van der Waals surface area contributed by atoms with E-state index in [9.17, 15) is 9.90 Å². The molecule has 1 amide bonds.